The maximum Gasteiger partial charge on any atom is 0.416 e. The molecule has 7 heteroatoms. The van der Waals surface area contributed by atoms with Gasteiger partial charge in [0.05, 0.1) is 11.7 Å². The van der Waals surface area contributed by atoms with Crippen LogP contribution in [0.1, 0.15) is 28.5 Å². The van der Waals surface area contributed by atoms with Crippen molar-refractivity contribution in [3.05, 3.63) is 57.8 Å². The van der Waals surface area contributed by atoms with Gasteiger partial charge in [-0.15, -0.1) is 11.3 Å². The van der Waals surface area contributed by atoms with Gasteiger partial charge in [0.2, 0.25) is 5.91 Å². The van der Waals surface area contributed by atoms with E-state index in [4.69, 9.17) is 0 Å². The van der Waals surface area contributed by atoms with Gasteiger partial charge < -0.3 is 10.4 Å². The van der Waals surface area contributed by atoms with Crippen LogP contribution in [0.15, 0.2) is 41.8 Å². The molecule has 1 atom stereocenters. The van der Waals surface area contributed by atoms with Gasteiger partial charge in [-0.1, -0.05) is 24.3 Å². The number of nitrogens with one attached hydrogen (secondary N) is 1. The Morgan fingerprint density at radius 2 is 1.96 bits per heavy atom. The number of carbonyl (C=O) groups is 1. The molecular weight excluding hydrogens is 327 g/mol. The summed E-state index contributed by atoms with van der Waals surface area (Å²) in [6.45, 7) is -0.254. The molecule has 3 nitrogen and oxygen atoms in total. The highest BCUT2D eigenvalue weighted by atomic mass is 32.1. The number of hydrogen-bond donors (Lipinski definition) is 2. The lowest BCUT2D eigenvalue weighted by Gasteiger charge is -2.17. The van der Waals surface area contributed by atoms with Gasteiger partial charge in [-0.3, -0.25) is 4.79 Å². The van der Waals surface area contributed by atoms with Crippen LogP contribution in [0, 0.1) is 0 Å². The van der Waals surface area contributed by atoms with Gasteiger partial charge in [-0.2, -0.15) is 13.2 Å². The topological polar surface area (TPSA) is 49.3 Å². The van der Waals surface area contributed by atoms with Crippen molar-refractivity contribution in [1.82, 2.24) is 5.32 Å². The summed E-state index contributed by atoms with van der Waals surface area (Å²) in [5, 5.41) is 14.3. The van der Waals surface area contributed by atoms with Crippen LogP contribution in [0.4, 0.5) is 13.2 Å². The average molecular weight is 343 g/mol. The molecule has 1 amide bonds. The number of aliphatic hydroxyl groups is 1. The van der Waals surface area contributed by atoms with Gasteiger partial charge in [-0.25, -0.2) is 0 Å². The monoisotopic (exact) mass is 343 g/mol. The Kier molecular flexibility index (Phi) is 5.79. The Morgan fingerprint density at radius 1 is 1.22 bits per heavy atom. The molecule has 1 aromatic carbocycles. The fraction of sp³-hybridized carbons (Fsp3) is 0.312. The molecule has 0 saturated carbocycles. The van der Waals surface area contributed by atoms with E-state index in [0.717, 1.165) is 10.9 Å². The van der Waals surface area contributed by atoms with Crippen LogP contribution in [0.2, 0.25) is 0 Å². The van der Waals surface area contributed by atoms with Crippen LogP contribution in [0.5, 0.6) is 0 Å². The third kappa shape index (κ3) is 5.07. The third-order valence-corrected chi connectivity index (χ3v) is 4.23. The molecule has 0 fully saturated rings. The van der Waals surface area contributed by atoms with Crippen molar-refractivity contribution < 1.29 is 23.1 Å². The molecule has 0 spiro atoms. The molecular formula is C16H16F3NO2S. The number of benzene rings is 1. The number of aryl methyl sites for hydroxylation is 1. The van der Waals surface area contributed by atoms with E-state index in [1.54, 1.807) is 0 Å². The summed E-state index contributed by atoms with van der Waals surface area (Å²) in [5.41, 5.74) is -1.13. The summed E-state index contributed by atoms with van der Waals surface area (Å²) in [4.78, 5) is 12.8. The summed E-state index contributed by atoms with van der Waals surface area (Å²) in [5.74, 6) is -0.304. The van der Waals surface area contributed by atoms with Gasteiger partial charge in [0.1, 0.15) is 0 Å². The van der Waals surface area contributed by atoms with E-state index in [9.17, 15) is 23.1 Å². The van der Waals surface area contributed by atoms with Gasteiger partial charge >= 0.3 is 6.18 Å². The maximum atomic E-state index is 12.9. The van der Waals surface area contributed by atoms with Crippen molar-refractivity contribution in [2.24, 2.45) is 0 Å². The van der Waals surface area contributed by atoms with E-state index < -0.39 is 17.8 Å². The molecule has 2 N–H and O–H groups in total. The van der Waals surface area contributed by atoms with Crippen molar-refractivity contribution in [3.8, 4) is 0 Å². The molecule has 124 valence electrons. The van der Waals surface area contributed by atoms with Crippen LogP contribution in [-0.4, -0.2) is 17.6 Å². The van der Waals surface area contributed by atoms with Crippen molar-refractivity contribution in [2.45, 2.75) is 25.1 Å². The number of halogens is 3. The predicted octanol–water partition coefficient (Wildman–Crippen LogP) is 3.55. The minimum Gasteiger partial charge on any atom is -0.387 e. The van der Waals surface area contributed by atoms with Crippen LogP contribution in [0.25, 0.3) is 0 Å². The van der Waals surface area contributed by atoms with Crippen molar-refractivity contribution in [3.63, 3.8) is 0 Å². The molecule has 0 aliphatic rings. The van der Waals surface area contributed by atoms with Crippen molar-refractivity contribution >= 4 is 17.2 Å². The molecule has 0 bridgehead atoms. The van der Waals surface area contributed by atoms with Gasteiger partial charge in [-0.05, 0) is 29.5 Å². The minimum absolute atomic E-state index is 0.230. The summed E-state index contributed by atoms with van der Waals surface area (Å²) >= 11 is 1.54. The third-order valence-electron chi connectivity index (χ3n) is 3.30. The second-order valence-electron chi connectivity index (χ2n) is 4.98. The average Bonchev–Trinajstić information content (AvgIpc) is 3.03. The number of rotatable bonds is 6. The summed E-state index contributed by atoms with van der Waals surface area (Å²) in [6, 6.07) is 8.61. The largest absolute Gasteiger partial charge is 0.416 e. The summed E-state index contributed by atoms with van der Waals surface area (Å²) in [6.07, 6.45) is -5.15. The molecule has 0 saturated heterocycles. The van der Waals surface area contributed by atoms with E-state index in [1.165, 1.54) is 29.5 Å². The zero-order valence-electron chi connectivity index (χ0n) is 12.1. The highest BCUT2D eigenvalue weighted by Crippen LogP contribution is 2.34. The molecule has 0 aliphatic carbocycles. The normalized spacial score (nSPS) is 12.9. The van der Waals surface area contributed by atoms with Gasteiger partial charge in [0, 0.05) is 17.8 Å². The van der Waals surface area contributed by atoms with Crippen molar-refractivity contribution in [2.75, 3.05) is 6.54 Å². The minimum atomic E-state index is -4.54. The quantitative estimate of drug-likeness (QED) is 0.843. The Morgan fingerprint density at radius 3 is 2.61 bits per heavy atom. The smallest absolute Gasteiger partial charge is 0.387 e. The highest BCUT2D eigenvalue weighted by Gasteiger charge is 2.34. The van der Waals surface area contributed by atoms with Crippen LogP contribution in [0.3, 0.4) is 0 Å². The van der Waals surface area contributed by atoms with E-state index >= 15 is 0 Å². The Labute approximate surface area is 135 Å². The fourth-order valence-electron chi connectivity index (χ4n) is 2.15. The van der Waals surface area contributed by atoms with E-state index in [1.807, 2.05) is 17.5 Å². The molecule has 1 heterocycles. The predicted molar refractivity (Wildman–Crippen MR) is 82.1 cm³/mol. The van der Waals surface area contributed by atoms with Gasteiger partial charge in [0.15, 0.2) is 0 Å². The van der Waals surface area contributed by atoms with Crippen LogP contribution in [-0.2, 0) is 17.4 Å². The van der Waals surface area contributed by atoms with Crippen molar-refractivity contribution in [1.29, 1.82) is 0 Å². The molecule has 1 unspecified atom stereocenters. The zero-order valence-corrected chi connectivity index (χ0v) is 13.0. The fourth-order valence-corrected chi connectivity index (χ4v) is 2.86. The summed E-state index contributed by atoms with van der Waals surface area (Å²) in [7, 11) is 0. The van der Waals surface area contributed by atoms with E-state index in [-0.39, 0.29) is 24.4 Å². The standard InChI is InChI=1S/C16H16F3NO2S/c17-16(18,19)13-6-2-1-5-12(13)14(21)10-20-15(22)8-7-11-4-3-9-23-11/h1-6,9,14,21H,7-8,10H2,(H,20,22). The van der Waals surface area contributed by atoms with Crippen LogP contribution < -0.4 is 5.32 Å². The number of amides is 1. The van der Waals surface area contributed by atoms with E-state index in [2.05, 4.69) is 5.32 Å². The lowest BCUT2D eigenvalue weighted by atomic mass is 10.0. The highest BCUT2D eigenvalue weighted by molar-refractivity contribution is 7.09. The molecule has 0 aliphatic heterocycles. The number of hydrogen-bond acceptors (Lipinski definition) is 3. The second-order valence-corrected chi connectivity index (χ2v) is 6.02. The molecule has 1 aromatic heterocycles. The first-order valence-electron chi connectivity index (χ1n) is 7.01. The molecule has 0 radical (unpaired) electrons. The molecule has 2 rings (SSSR count). The first kappa shape index (κ1) is 17.5. The number of alkyl halides is 3. The summed E-state index contributed by atoms with van der Waals surface area (Å²) < 4.78 is 38.7. The lowest BCUT2D eigenvalue weighted by Crippen LogP contribution is -2.29. The van der Waals surface area contributed by atoms with Gasteiger partial charge in [0.25, 0.3) is 0 Å². The Balaban J connectivity index is 1.89. The zero-order chi connectivity index (χ0) is 16.9. The first-order chi connectivity index (χ1) is 10.9. The lowest BCUT2D eigenvalue weighted by molar-refractivity contribution is -0.139. The first-order valence-corrected chi connectivity index (χ1v) is 7.89. The number of carbonyl (C=O) groups excluding carboxylic acids is 1. The number of thiophene rings is 1. The Bertz CT molecular complexity index is 641. The van der Waals surface area contributed by atoms with E-state index in [0.29, 0.717) is 6.42 Å². The Hall–Kier alpha value is -1.86. The second kappa shape index (κ2) is 7.61. The molecule has 23 heavy (non-hydrogen) atoms. The molecule has 2 aromatic rings. The maximum absolute atomic E-state index is 12.9. The number of aliphatic hydroxyl groups excluding tert-OH is 1. The van der Waals surface area contributed by atoms with Crippen LogP contribution >= 0.6 is 11.3 Å². The SMILES string of the molecule is O=C(CCc1cccs1)NCC(O)c1ccccc1C(F)(F)F.